The molecule has 0 spiro atoms. The summed E-state index contributed by atoms with van der Waals surface area (Å²) < 4.78 is 1.23. The summed E-state index contributed by atoms with van der Waals surface area (Å²) in [6.07, 6.45) is 6.54. The molecule has 0 saturated carbocycles. The van der Waals surface area contributed by atoms with E-state index in [0.29, 0.717) is 5.41 Å². The van der Waals surface area contributed by atoms with Crippen molar-refractivity contribution in [2.75, 3.05) is 0 Å². The maximum atomic E-state index is 3.63. The summed E-state index contributed by atoms with van der Waals surface area (Å²) in [4.78, 5) is 0. The van der Waals surface area contributed by atoms with Gasteiger partial charge in [0.1, 0.15) is 0 Å². The molecule has 0 N–H and O–H groups in total. The standard InChI is InChI=1S/C16H23Br/c1-4-16(3,5-2)15-8-6-7-12-9-10-13(17)11-14(12)15/h9-11,15H,4-8H2,1-3H3. The lowest BCUT2D eigenvalue weighted by Gasteiger charge is -2.40. The molecule has 0 bridgehead atoms. The number of halogens is 1. The number of fused-ring (bicyclic) bond motifs is 1. The summed E-state index contributed by atoms with van der Waals surface area (Å²) in [5, 5.41) is 0. The van der Waals surface area contributed by atoms with E-state index in [0.717, 1.165) is 5.92 Å². The topological polar surface area (TPSA) is 0 Å². The van der Waals surface area contributed by atoms with Gasteiger partial charge in [0.2, 0.25) is 0 Å². The van der Waals surface area contributed by atoms with Gasteiger partial charge in [0.05, 0.1) is 0 Å². The van der Waals surface area contributed by atoms with Gasteiger partial charge >= 0.3 is 0 Å². The van der Waals surface area contributed by atoms with Gasteiger partial charge in [-0.3, -0.25) is 0 Å². The first kappa shape index (κ1) is 13.1. The fraction of sp³-hybridized carbons (Fsp3) is 0.625. The molecule has 1 heteroatoms. The Morgan fingerprint density at radius 2 is 2.00 bits per heavy atom. The van der Waals surface area contributed by atoms with E-state index in [4.69, 9.17) is 0 Å². The second-order valence-electron chi connectivity index (χ2n) is 5.65. The molecule has 1 aliphatic carbocycles. The molecule has 0 aliphatic heterocycles. The van der Waals surface area contributed by atoms with E-state index < -0.39 is 0 Å². The van der Waals surface area contributed by atoms with Gasteiger partial charge in [-0.05, 0) is 53.9 Å². The summed E-state index contributed by atoms with van der Waals surface area (Å²) >= 11 is 3.63. The van der Waals surface area contributed by atoms with Gasteiger partial charge in [0.15, 0.2) is 0 Å². The lowest BCUT2D eigenvalue weighted by molar-refractivity contribution is 0.211. The molecule has 0 radical (unpaired) electrons. The van der Waals surface area contributed by atoms with Crippen molar-refractivity contribution < 1.29 is 0 Å². The average molecular weight is 295 g/mol. The van der Waals surface area contributed by atoms with Crippen molar-refractivity contribution in [3.05, 3.63) is 33.8 Å². The van der Waals surface area contributed by atoms with Crippen molar-refractivity contribution in [1.29, 1.82) is 0 Å². The Kier molecular flexibility index (Phi) is 3.97. The van der Waals surface area contributed by atoms with Crippen LogP contribution in [0.25, 0.3) is 0 Å². The van der Waals surface area contributed by atoms with Gasteiger partial charge in [-0.15, -0.1) is 0 Å². The number of hydrogen-bond acceptors (Lipinski definition) is 0. The number of aryl methyl sites for hydroxylation is 1. The minimum absolute atomic E-state index is 0.468. The number of hydrogen-bond donors (Lipinski definition) is 0. The predicted octanol–water partition coefficient (Wildman–Crippen LogP) is 5.70. The lowest BCUT2D eigenvalue weighted by atomic mass is 9.65. The fourth-order valence-electron chi connectivity index (χ4n) is 3.24. The predicted molar refractivity (Wildman–Crippen MR) is 78.5 cm³/mol. The highest BCUT2D eigenvalue weighted by Crippen LogP contribution is 2.48. The zero-order valence-electron chi connectivity index (χ0n) is 11.2. The van der Waals surface area contributed by atoms with Crippen molar-refractivity contribution in [3.63, 3.8) is 0 Å². The van der Waals surface area contributed by atoms with Gasteiger partial charge in [0, 0.05) is 4.47 Å². The molecule has 0 nitrogen and oxygen atoms in total. The molecule has 0 fully saturated rings. The van der Waals surface area contributed by atoms with Gasteiger partial charge in [-0.1, -0.05) is 55.6 Å². The first-order valence-electron chi connectivity index (χ1n) is 6.89. The Hall–Kier alpha value is -0.300. The third-order valence-electron chi connectivity index (χ3n) is 4.88. The van der Waals surface area contributed by atoms with Crippen molar-refractivity contribution in [3.8, 4) is 0 Å². The summed E-state index contributed by atoms with van der Waals surface area (Å²) in [5.41, 5.74) is 3.66. The van der Waals surface area contributed by atoms with E-state index in [9.17, 15) is 0 Å². The minimum atomic E-state index is 0.468. The molecule has 0 saturated heterocycles. The Balaban J connectivity index is 2.43. The van der Waals surface area contributed by atoms with Crippen LogP contribution in [0.15, 0.2) is 22.7 Å². The van der Waals surface area contributed by atoms with Crippen LogP contribution < -0.4 is 0 Å². The van der Waals surface area contributed by atoms with E-state index in [2.05, 4.69) is 54.9 Å². The van der Waals surface area contributed by atoms with Crippen LogP contribution in [0, 0.1) is 5.41 Å². The van der Waals surface area contributed by atoms with Crippen molar-refractivity contribution in [1.82, 2.24) is 0 Å². The third-order valence-corrected chi connectivity index (χ3v) is 5.37. The van der Waals surface area contributed by atoms with Crippen molar-refractivity contribution in [2.24, 2.45) is 5.41 Å². The summed E-state index contributed by atoms with van der Waals surface area (Å²) in [5.74, 6) is 0.749. The van der Waals surface area contributed by atoms with E-state index >= 15 is 0 Å². The van der Waals surface area contributed by atoms with E-state index in [1.165, 1.54) is 36.6 Å². The molecule has 1 atom stereocenters. The van der Waals surface area contributed by atoms with Crippen LogP contribution in [-0.4, -0.2) is 0 Å². The molecule has 1 aliphatic rings. The van der Waals surface area contributed by atoms with Gasteiger partial charge in [-0.2, -0.15) is 0 Å². The number of rotatable bonds is 3. The summed E-state index contributed by atoms with van der Waals surface area (Å²) in [6.45, 7) is 7.15. The molecule has 94 valence electrons. The lowest BCUT2D eigenvalue weighted by Crippen LogP contribution is -2.27. The van der Waals surface area contributed by atoms with E-state index in [-0.39, 0.29) is 0 Å². The van der Waals surface area contributed by atoms with Gasteiger partial charge in [0.25, 0.3) is 0 Å². The maximum absolute atomic E-state index is 3.63. The SMILES string of the molecule is CCC(C)(CC)C1CCCc2ccc(Br)cc21. The monoisotopic (exact) mass is 294 g/mol. The molecular formula is C16H23Br. The smallest absolute Gasteiger partial charge is 0.0178 e. The second kappa shape index (κ2) is 5.14. The van der Waals surface area contributed by atoms with Crippen LogP contribution in [-0.2, 0) is 6.42 Å². The minimum Gasteiger partial charge on any atom is -0.0648 e. The van der Waals surface area contributed by atoms with Crippen LogP contribution >= 0.6 is 15.9 Å². The molecule has 0 aromatic heterocycles. The Morgan fingerprint density at radius 1 is 1.29 bits per heavy atom. The van der Waals surface area contributed by atoms with Crippen LogP contribution in [0.2, 0.25) is 0 Å². The van der Waals surface area contributed by atoms with E-state index in [1.807, 2.05) is 0 Å². The van der Waals surface area contributed by atoms with Crippen LogP contribution in [0.1, 0.15) is 63.5 Å². The van der Waals surface area contributed by atoms with Crippen LogP contribution in [0.5, 0.6) is 0 Å². The third kappa shape index (κ3) is 2.45. The van der Waals surface area contributed by atoms with Gasteiger partial charge in [-0.25, -0.2) is 0 Å². The largest absolute Gasteiger partial charge is 0.0648 e. The highest BCUT2D eigenvalue weighted by atomic mass is 79.9. The Bertz CT molecular complexity index is 391. The molecular weight excluding hydrogens is 272 g/mol. The van der Waals surface area contributed by atoms with Crippen LogP contribution in [0.3, 0.4) is 0 Å². The zero-order chi connectivity index (χ0) is 12.5. The van der Waals surface area contributed by atoms with Gasteiger partial charge < -0.3 is 0 Å². The van der Waals surface area contributed by atoms with Crippen molar-refractivity contribution >= 4 is 15.9 Å². The van der Waals surface area contributed by atoms with Crippen LogP contribution in [0.4, 0.5) is 0 Å². The molecule has 1 aromatic rings. The van der Waals surface area contributed by atoms with E-state index in [1.54, 1.807) is 11.1 Å². The molecule has 0 heterocycles. The number of benzene rings is 1. The molecule has 1 aromatic carbocycles. The Morgan fingerprint density at radius 3 is 2.65 bits per heavy atom. The normalized spacial score (nSPS) is 20.1. The second-order valence-corrected chi connectivity index (χ2v) is 6.56. The molecule has 1 unspecified atom stereocenters. The maximum Gasteiger partial charge on any atom is 0.0178 e. The molecule has 17 heavy (non-hydrogen) atoms. The highest BCUT2D eigenvalue weighted by molar-refractivity contribution is 9.10. The molecule has 2 rings (SSSR count). The fourth-order valence-corrected chi connectivity index (χ4v) is 3.62. The molecule has 0 amide bonds. The van der Waals surface area contributed by atoms with Crippen molar-refractivity contribution in [2.45, 2.75) is 58.8 Å². The average Bonchev–Trinajstić information content (AvgIpc) is 2.37. The Labute approximate surface area is 114 Å². The zero-order valence-corrected chi connectivity index (χ0v) is 12.8. The summed E-state index contributed by atoms with van der Waals surface area (Å²) in [7, 11) is 0. The first-order chi connectivity index (χ1) is 8.10. The summed E-state index contributed by atoms with van der Waals surface area (Å²) in [6, 6.07) is 6.87. The highest BCUT2D eigenvalue weighted by Gasteiger charge is 2.34. The quantitative estimate of drug-likeness (QED) is 0.671. The first-order valence-corrected chi connectivity index (χ1v) is 7.68.